The molecule has 3 heteroatoms. The fourth-order valence-electron chi connectivity index (χ4n) is 1.64. The van der Waals surface area contributed by atoms with Crippen LogP contribution in [0.15, 0.2) is 18.2 Å². The van der Waals surface area contributed by atoms with E-state index in [0.717, 1.165) is 16.9 Å². The van der Waals surface area contributed by atoms with Crippen molar-refractivity contribution in [1.29, 1.82) is 0 Å². The number of ether oxygens (including phenoxy) is 1. The minimum atomic E-state index is -0.738. The van der Waals surface area contributed by atoms with Gasteiger partial charge < -0.3 is 9.84 Å². The van der Waals surface area contributed by atoms with Crippen LogP contribution in [0.4, 0.5) is 0 Å². The Balaban J connectivity index is 2.30. The normalized spacial score (nSPS) is 18.7. The summed E-state index contributed by atoms with van der Waals surface area (Å²) in [7, 11) is 1.61. The molecule has 0 bridgehead atoms. The Morgan fingerprint density at radius 1 is 1.62 bits per heavy atom. The topological polar surface area (TPSA) is 46.5 Å². The van der Waals surface area contributed by atoms with E-state index < -0.39 is 5.97 Å². The van der Waals surface area contributed by atoms with Crippen molar-refractivity contribution in [2.75, 3.05) is 7.11 Å². The third-order valence-electron chi connectivity index (χ3n) is 2.45. The first-order valence-electron chi connectivity index (χ1n) is 4.12. The Morgan fingerprint density at radius 2 is 2.38 bits per heavy atom. The molecule has 1 aromatic carbocycles. The van der Waals surface area contributed by atoms with Gasteiger partial charge in [-0.15, -0.1) is 0 Å². The number of rotatable bonds is 2. The van der Waals surface area contributed by atoms with E-state index in [2.05, 4.69) is 0 Å². The van der Waals surface area contributed by atoms with Gasteiger partial charge in [-0.25, -0.2) is 0 Å². The van der Waals surface area contributed by atoms with Gasteiger partial charge in [0.05, 0.1) is 13.0 Å². The first-order chi connectivity index (χ1) is 6.22. The second-order valence-electron chi connectivity index (χ2n) is 3.16. The van der Waals surface area contributed by atoms with Crippen LogP contribution in [0.3, 0.4) is 0 Å². The second kappa shape index (κ2) is 2.76. The van der Waals surface area contributed by atoms with Crippen molar-refractivity contribution in [3.63, 3.8) is 0 Å². The fraction of sp³-hybridized carbons (Fsp3) is 0.300. The zero-order valence-electron chi connectivity index (χ0n) is 7.28. The van der Waals surface area contributed by atoms with Crippen LogP contribution in [0.25, 0.3) is 0 Å². The molecule has 1 aliphatic carbocycles. The number of hydrogen-bond donors (Lipinski definition) is 1. The molecule has 0 heterocycles. The largest absolute Gasteiger partial charge is 0.497 e. The Kier molecular flexibility index (Phi) is 1.72. The molecule has 1 aromatic rings. The first kappa shape index (κ1) is 8.10. The van der Waals surface area contributed by atoms with E-state index in [1.54, 1.807) is 13.2 Å². The summed E-state index contributed by atoms with van der Waals surface area (Å²) >= 11 is 0. The highest BCUT2D eigenvalue weighted by atomic mass is 16.5. The molecule has 0 radical (unpaired) electrons. The van der Waals surface area contributed by atoms with E-state index in [9.17, 15) is 4.79 Å². The van der Waals surface area contributed by atoms with Crippen LogP contribution >= 0.6 is 0 Å². The molecule has 2 rings (SSSR count). The summed E-state index contributed by atoms with van der Waals surface area (Å²) in [5, 5.41) is 8.78. The average molecular weight is 178 g/mol. The van der Waals surface area contributed by atoms with Crippen molar-refractivity contribution in [2.45, 2.75) is 12.3 Å². The molecule has 0 aromatic heterocycles. The molecule has 13 heavy (non-hydrogen) atoms. The van der Waals surface area contributed by atoms with Crippen LogP contribution in [0.2, 0.25) is 0 Å². The quantitative estimate of drug-likeness (QED) is 0.745. The van der Waals surface area contributed by atoms with Gasteiger partial charge in [0.2, 0.25) is 0 Å². The van der Waals surface area contributed by atoms with Crippen molar-refractivity contribution in [1.82, 2.24) is 0 Å². The first-order valence-corrected chi connectivity index (χ1v) is 4.12. The third kappa shape index (κ3) is 1.16. The van der Waals surface area contributed by atoms with Gasteiger partial charge in [0.25, 0.3) is 0 Å². The van der Waals surface area contributed by atoms with Gasteiger partial charge in [-0.2, -0.15) is 0 Å². The molecular weight excluding hydrogens is 168 g/mol. The van der Waals surface area contributed by atoms with Gasteiger partial charge in [-0.05, 0) is 29.7 Å². The van der Waals surface area contributed by atoms with Crippen molar-refractivity contribution in [2.24, 2.45) is 0 Å². The van der Waals surface area contributed by atoms with Crippen LogP contribution < -0.4 is 4.74 Å². The Morgan fingerprint density at radius 3 is 2.92 bits per heavy atom. The smallest absolute Gasteiger partial charge is 0.311 e. The van der Waals surface area contributed by atoms with Crippen molar-refractivity contribution >= 4 is 5.97 Å². The van der Waals surface area contributed by atoms with Crippen LogP contribution in [0, 0.1) is 0 Å². The van der Waals surface area contributed by atoms with Gasteiger partial charge in [0.15, 0.2) is 0 Å². The van der Waals surface area contributed by atoms with E-state index in [-0.39, 0.29) is 5.92 Å². The van der Waals surface area contributed by atoms with Crippen molar-refractivity contribution in [3.05, 3.63) is 29.3 Å². The van der Waals surface area contributed by atoms with E-state index in [1.165, 1.54) is 0 Å². The molecule has 1 N–H and O–H groups in total. The van der Waals surface area contributed by atoms with Crippen LogP contribution in [-0.2, 0) is 11.2 Å². The summed E-state index contributed by atoms with van der Waals surface area (Å²) in [5.74, 6) is -0.249. The highest BCUT2D eigenvalue weighted by Gasteiger charge is 2.32. The zero-order chi connectivity index (χ0) is 9.42. The molecule has 1 atom stereocenters. The Labute approximate surface area is 76.0 Å². The second-order valence-corrected chi connectivity index (χ2v) is 3.16. The lowest BCUT2D eigenvalue weighted by atomic mass is 9.77. The lowest BCUT2D eigenvalue weighted by molar-refractivity contribution is -0.139. The maximum absolute atomic E-state index is 10.7. The van der Waals surface area contributed by atoms with Crippen LogP contribution in [0.5, 0.6) is 5.75 Å². The van der Waals surface area contributed by atoms with Gasteiger partial charge in [-0.3, -0.25) is 4.79 Å². The minimum absolute atomic E-state index is 0.305. The standard InChI is InChI=1S/C10H10O3/c1-13-7-2-3-8-6(4-7)5-9(8)10(11)12/h2-4,9H,5H2,1H3,(H,11,12). The van der Waals surface area contributed by atoms with E-state index in [4.69, 9.17) is 9.84 Å². The summed E-state index contributed by atoms with van der Waals surface area (Å²) in [6.45, 7) is 0. The SMILES string of the molecule is COc1ccc2c(c1)CC2C(=O)O. The maximum Gasteiger partial charge on any atom is 0.311 e. The van der Waals surface area contributed by atoms with Gasteiger partial charge >= 0.3 is 5.97 Å². The van der Waals surface area contributed by atoms with E-state index in [0.29, 0.717) is 6.42 Å². The summed E-state index contributed by atoms with van der Waals surface area (Å²) in [6.07, 6.45) is 0.627. The van der Waals surface area contributed by atoms with Gasteiger partial charge in [0, 0.05) is 0 Å². The molecule has 1 aliphatic rings. The number of aliphatic carboxylic acids is 1. The molecule has 0 saturated heterocycles. The van der Waals surface area contributed by atoms with E-state index >= 15 is 0 Å². The molecular formula is C10H10O3. The lowest BCUT2D eigenvalue weighted by Gasteiger charge is -2.26. The molecule has 0 spiro atoms. The predicted molar refractivity (Wildman–Crippen MR) is 47.1 cm³/mol. The van der Waals surface area contributed by atoms with Gasteiger partial charge in [-0.1, -0.05) is 6.07 Å². The number of carboxylic acids is 1. The zero-order valence-corrected chi connectivity index (χ0v) is 7.28. The third-order valence-corrected chi connectivity index (χ3v) is 2.45. The number of carboxylic acid groups (broad SMARTS) is 1. The van der Waals surface area contributed by atoms with Crippen LogP contribution in [-0.4, -0.2) is 18.2 Å². The number of methoxy groups -OCH3 is 1. The highest BCUT2D eigenvalue weighted by molar-refractivity contribution is 5.80. The molecule has 0 amide bonds. The molecule has 68 valence electrons. The lowest BCUT2D eigenvalue weighted by Crippen LogP contribution is -2.24. The number of benzene rings is 1. The predicted octanol–water partition coefficient (Wildman–Crippen LogP) is 1.42. The molecule has 3 nitrogen and oxygen atoms in total. The average Bonchev–Trinajstić information content (AvgIpc) is 2.06. The summed E-state index contributed by atoms with van der Waals surface area (Å²) in [5.41, 5.74) is 2.01. The molecule has 0 aliphatic heterocycles. The summed E-state index contributed by atoms with van der Waals surface area (Å²) < 4.78 is 5.03. The molecule has 0 saturated carbocycles. The Hall–Kier alpha value is -1.51. The maximum atomic E-state index is 10.7. The Bertz CT molecular complexity index is 357. The molecule has 1 unspecified atom stereocenters. The number of fused-ring (bicyclic) bond motifs is 1. The van der Waals surface area contributed by atoms with Gasteiger partial charge in [0.1, 0.15) is 5.75 Å². The molecule has 0 fully saturated rings. The van der Waals surface area contributed by atoms with Crippen LogP contribution in [0.1, 0.15) is 17.0 Å². The summed E-state index contributed by atoms with van der Waals surface area (Å²) in [6, 6.07) is 5.53. The van der Waals surface area contributed by atoms with Crippen molar-refractivity contribution < 1.29 is 14.6 Å². The van der Waals surface area contributed by atoms with E-state index in [1.807, 2.05) is 12.1 Å². The fourth-order valence-corrected chi connectivity index (χ4v) is 1.64. The minimum Gasteiger partial charge on any atom is -0.497 e. The summed E-state index contributed by atoms with van der Waals surface area (Å²) in [4.78, 5) is 10.7. The monoisotopic (exact) mass is 178 g/mol. The van der Waals surface area contributed by atoms with Crippen molar-refractivity contribution in [3.8, 4) is 5.75 Å². The number of carbonyl (C=O) groups is 1. The number of hydrogen-bond acceptors (Lipinski definition) is 2. The highest BCUT2D eigenvalue weighted by Crippen LogP contribution is 2.37.